The van der Waals surface area contributed by atoms with E-state index in [1.54, 1.807) is 0 Å². The Morgan fingerprint density at radius 3 is 2.52 bits per heavy atom. The third kappa shape index (κ3) is 4.28. The second-order valence-electron chi connectivity index (χ2n) is 7.66. The Morgan fingerprint density at radius 1 is 1.06 bits per heavy atom. The van der Waals surface area contributed by atoms with Crippen LogP contribution in [-0.4, -0.2) is 27.3 Å². The summed E-state index contributed by atoms with van der Waals surface area (Å²) in [4.78, 5) is 17.1. The highest BCUT2D eigenvalue weighted by Gasteiger charge is 2.16. The van der Waals surface area contributed by atoms with Crippen LogP contribution in [0.5, 0.6) is 5.88 Å². The molecule has 0 unspecified atom stereocenters. The van der Waals surface area contributed by atoms with Gasteiger partial charge in [0.1, 0.15) is 0 Å². The van der Waals surface area contributed by atoms with Crippen LogP contribution < -0.4 is 10.1 Å². The van der Waals surface area contributed by atoms with Gasteiger partial charge in [0.15, 0.2) is 12.3 Å². The van der Waals surface area contributed by atoms with Gasteiger partial charge in [-0.1, -0.05) is 42.8 Å². The molecule has 2 heterocycles. The fraction of sp³-hybridized carbons (Fsp3) is 0.240. The van der Waals surface area contributed by atoms with Crippen molar-refractivity contribution in [2.24, 2.45) is 0 Å². The van der Waals surface area contributed by atoms with Crippen LogP contribution in [0.4, 0.5) is 5.69 Å². The molecule has 0 radical (unpaired) electrons. The second-order valence-corrected chi connectivity index (χ2v) is 7.66. The number of benzene rings is 2. The van der Waals surface area contributed by atoms with Crippen molar-refractivity contribution in [1.29, 1.82) is 0 Å². The van der Waals surface area contributed by atoms with Crippen molar-refractivity contribution >= 4 is 22.6 Å². The molecular formula is C25H26N4O2. The molecule has 0 saturated carbocycles. The maximum atomic E-state index is 12.4. The van der Waals surface area contributed by atoms with Crippen LogP contribution in [0.2, 0.25) is 0 Å². The predicted molar refractivity (Wildman–Crippen MR) is 123 cm³/mol. The van der Waals surface area contributed by atoms with Gasteiger partial charge < -0.3 is 10.1 Å². The summed E-state index contributed by atoms with van der Waals surface area (Å²) in [7, 11) is 0. The van der Waals surface area contributed by atoms with Gasteiger partial charge in [0, 0.05) is 17.1 Å². The molecule has 0 aliphatic heterocycles. The largest absolute Gasteiger partial charge is 0.467 e. The number of fused-ring (bicyclic) bond motifs is 1. The molecule has 0 aliphatic rings. The standard InChI is InChI=1S/C25H26N4O2/c1-5-19-14-23(31-15-22(30)26-21-9-7-6-8-17(21)3)27-25-24(19)18(4)28-29(25)20-12-10-16(2)11-13-20/h6-14H,5,15H2,1-4H3,(H,26,30). The SMILES string of the molecule is CCc1cc(OCC(=O)Nc2ccccc2C)nc2c1c(C)nn2-c1ccc(C)cc1. The van der Waals surface area contributed by atoms with Gasteiger partial charge in [-0.05, 0) is 56.5 Å². The molecule has 0 atom stereocenters. The molecule has 1 N–H and O–H groups in total. The molecule has 4 rings (SSSR count). The van der Waals surface area contributed by atoms with Crippen LogP contribution in [0.25, 0.3) is 16.7 Å². The van der Waals surface area contributed by atoms with E-state index in [0.717, 1.165) is 45.6 Å². The van der Waals surface area contributed by atoms with E-state index in [1.165, 1.54) is 5.56 Å². The first-order valence-electron chi connectivity index (χ1n) is 10.4. The number of hydrogen-bond acceptors (Lipinski definition) is 4. The number of rotatable bonds is 6. The van der Waals surface area contributed by atoms with Crippen LogP contribution in [0.15, 0.2) is 54.6 Å². The van der Waals surface area contributed by atoms with E-state index in [4.69, 9.17) is 14.8 Å². The first-order valence-corrected chi connectivity index (χ1v) is 10.4. The summed E-state index contributed by atoms with van der Waals surface area (Å²) in [6, 6.07) is 17.7. The van der Waals surface area contributed by atoms with E-state index in [1.807, 2.05) is 61.0 Å². The van der Waals surface area contributed by atoms with Crippen molar-refractivity contribution < 1.29 is 9.53 Å². The maximum absolute atomic E-state index is 12.4. The van der Waals surface area contributed by atoms with Gasteiger partial charge in [-0.25, -0.2) is 4.68 Å². The fourth-order valence-corrected chi connectivity index (χ4v) is 3.61. The van der Waals surface area contributed by atoms with E-state index in [9.17, 15) is 4.79 Å². The predicted octanol–water partition coefficient (Wildman–Crippen LogP) is 4.93. The number of nitrogens with one attached hydrogen (secondary N) is 1. The average Bonchev–Trinajstić information content (AvgIpc) is 3.10. The maximum Gasteiger partial charge on any atom is 0.262 e. The molecule has 2 aromatic carbocycles. The number of para-hydroxylation sites is 1. The number of carbonyl (C=O) groups excluding carboxylic acids is 1. The topological polar surface area (TPSA) is 69.0 Å². The lowest BCUT2D eigenvalue weighted by molar-refractivity contribution is -0.118. The normalized spacial score (nSPS) is 11.0. The Kier molecular flexibility index (Phi) is 5.71. The molecule has 2 aromatic heterocycles. The van der Waals surface area contributed by atoms with Gasteiger partial charge in [0.2, 0.25) is 5.88 Å². The monoisotopic (exact) mass is 414 g/mol. The highest BCUT2D eigenvalue weighted by molar-refractivity contribution is 5.92. The molecule has 0 aliphatic carbocycles. The zero-order chi connectivity index (χ0) is 22.0. The van der Waals surface area contributed by atoms with E-state index < -0.39 is 0 Å². The quantitative estimate of drug-likeness (QED) is 0.486. The van der Waals surface area contributed by atoms with Gasteiger partial charge in [0.05, 0.1) is 11.4 Å². The summed E-state index contributed by atoms with van der Waals surface area (Å²) >= 11 is 0. The third-order valence-electron chi connectivity index (χ3n) is 5.30. The smallest absolute Gasteiger partial charge is 0.262 e. The molecule has 4 aromatic rings. The van der Waals surface area contributed by atoms with Crippen molar-refractivity contribution in [2.45, 2.75) is 34.1 Å². The van der Waals surface area contributed by atoms with Crippen LogP contribution in [0.3, 0.4) is 0 Å². The third-order valence-corrected chi connectivity index (χ3v) is 5.30. The minimum Gasteiger partial charge on any atom is -0.467 e. The zero-order valence-electron chi connectivity index (χ0n) is 18.3. The van der Waals surface area contributed by atoms with E-state index in [2.05, 4.69) is 31.3 Å². The zero-order valence-corrected chi connectivity index (χ0v) is 18.3. The molecule has 158 valence electrons. The van der Waals surface area contributed by atoms with E-state index in [-0.39, 0.29) is 12.5 Å². The molecule has 0 spiro atoms. The van der Waals surface area contributed by atoms with Gasteiger partial charge >= 0.3 is 0 Å². The first-order chi connectivity index (χ1) is 15.0. The molecular weight excluding hydrogens is 388 g/mol. The van der Waals surface area contributed by atoms with Crippen LogP contribution in [0.1, 0.15) is 29.3 Å². The van der Waals surface area contributed by atoms with Gasteiger partial charge in [-0.2, -0.15) is 10.1 Å². The minimum absolute atomic E-state index is 0.117. The summed E-state index contributed by atoms with van der Waals surface area (Å²) in [5.41, 5.74) is 6.65. The number of carbonyl (C=O) groups is 1. The number of aromatic nitrogens is 3. The summed E-state index contributed by atoms with van der Waals surface area (Å²) in [5, 5.41) is 8.63. The molecule has 6 nitrogen and oxygen atoms in total. The number of aryl methyl sites for hydroxylation is 4. The van der Waals surface area contributed by atoms with Gasteiger partial charge in [-0.3, -0.25) is 4.79 Å². The van der Waals surface area contributed by atoms with E-state index >= 15 is 0 Å². The second kappa shape index (κ2) is 8.60. The Labute approximate surface area is 181 Å². The average molecular weight is 415 g/mol. The molecule has 0 bridgehead atoms. The van der Waals surface area contributed by atoms with Crippen molar-refractivity contribution in [2.75, 3.05) is 11.9 Å². The van der Waals surface area contributed by atoms with Crippen molar-refractivity contribution in [3.63, 3.8) is 0 Å². The van der Waals surface area contributed by atoms with E-state index in [0.29, 0.717) is 5.88 Å². The Hall–Kier alpha value is -3.67. The molecule has 0 saturated heterocycles. The lowest BCUT2D eigenvalue weighted by atomic mass is 10.1. The minimum atomic E-state index is -0.225. The summed E-state index contributed by atoms with van der Waals surface area (Å²) in [5.74, 6) is 0.190. The van der Waals surface area contributed by atoms with Crippen LogP contribution >= 0.6 is 0 Å². The lowest BCUT2D eigenvalue weighted by Gasteiger charge is -2.11. The van der Waals surface area contributed by atoms with Crippen molar-refractivity contribution in [3.05, 3.63) is 77.0 Å². The highest BCUT2D eigenvalue weighted by Crippen LogP contribution is 2.28. The van der Waals surface area contributed by atoms with Crippen molar-refractivity contribution in [1.82, 2.24) is 14.8 Å². The summed E-state index contributed by atoms with van der Waals surface area (Å²) in [6.45, 7) is 7.97. The first kappa shape index (κ1) is 20.6. The fourth-order valence-electron chi connectivity index (χ4n) is 3.61. The number of anilines is 1. The Balaban J connectivity index is 1.62. The Morgan fingerprint density at radius 2 is 1.81 bits per heavy atom. The van der Waals surface area contributed by atoms with Crippen LogP contribution in [-0.2, 0) is 11.2 Å². The number of hydrogen-bond donors (Lipinski definition) is 1. The molecule has 6 heteroatoms. The summed E-state index contributed by atoms with van der Waals surface area (Å²) < 4.78 is 7.62. The van der Waals surface area contributed by atoms with Gasteiger partial charge in [-0.15, -0.1) is 0 Å². The summed E-state index contributed by atoms with van der Waals surface area (Å²) in [6.07, 6.45) is 0.811. The number of amides is 1. The highest BCUT2D eigenvalue weighted by atomic mass is 16.5. The lowest BCUT2D eigenvalue weighted by Crippen LogP contribution is -2.21. The molecule has 1 amide bonds. The Bertz CT molecular complexity index is 1240. The van der Waals surface area contributed by atoms with Gasteiger partial charge in [0.25, 0.3) is 5.91 Å². The number of ether oxygens (including phenoxy) is 1. The van der Waals surface area contributed by atoms with Crippen LogP contribution in [0, 0.1) is 20.8 Å². The molecule has 31 heavy (non-hydrogen) atoms. The number of nitrogens with zero attached hydrogens (tertiary/aromatic N) is 3. The van der Waals surface area contributed by atoms with Crippen molar-refractivity contribution in [3.8, 4) is 11.6 Å². The molecule has 0 fully saturated rings. The number of pyridine rings is 1.